The summed E-state index contributed by atoms with van der Waals surface area (Å²) in [7, 11) is 1.74. The van der Waals surface area contributed by atoms with Crippen LogP contribution < -0.4 is 5.73 Å². The van der Waals surface area contributed by atoms with Crippen LogP contribution in [0.3, 0.4) is 0 Å². The molecule has 2 rings (SSSR count). The molecule has 0 bridgehead atoms. The van der Waals surface area contributed by atoms with Gasteiger partial charge in [0.15, 0.2) is 0 Å². The van der Waals surface area contributed by atoms with E-state index < -0.39 is 5.97 Å². The molecule has 0 atom stereocenters. The van der Waals surface area contributed by atoms with E-state index in [9.17, 15) is 4.79 Å². The second-order valence-corrected chi connectivity index (χ2v) is 5.26. The van der Waals surface area contributed by atoms with Crippen molar-refractivity contribution in [2.45, 2.75) is 17.6 Å². The summed E-state index contributed by atoms with van der Waals surface area (Å²) in [6.07, 6.45) is 1.38. The molecule has 0 amide bonds. The van der Waals surface area contributed by atoms with Gasteiger partial charge in [0.2, 0.25) is 0 Å². The topological polar surface area (TPSA) is 81.1 Å². The smallest absolute Gasteiger partial charge is 0.339 e. The van der Waals surface area contributed by atoms with Gasteiger partial charge in [-0.2, -0.15) is 5.10 Å². The summed E-state index contributed by atoms with van der Waals surface area (Å²) in [5.41, 5.74) is 8.53. The Balaban J connectivity index is 2.21. The van der Waals surface area contributed by atoms with Gasteiger partial charge in [-0.1, -0.05) is 6.07 Å². The van der Waals surface area contributed by atoms with Crippen LogP contribution in [0.2, 0.25) is 0 Å². The molecule has 3 N–H and O–H groups in total. The maximum atomic E-state index is 11.1. The zero-order valence-electron chi connectivity index (χ0n) is 10.8. The minimum absolute atomic E-state index is 0.247. The van der Waals surface area contributed by atoms with E-state index in [0.29, 0.717) is 17.1 Å². The highest BCUT2D eigenvalue weighted by Crippen LogP contribution is 2.28. The first-order valence-corrected chi connectivity index (χ1v) is 6.70. The number of nitrogens with zero attached hydrogens (tertiary/aromatic N) is 2. The van der Waals surface area contributed by atoms with Crippen molar-refractivity contribution in [1.29, 1.82) is 0 Å². The number of rotatable bonds is 4. The van der Waals surface area contributed by atoms with E-state index in [0.717, 1.165) is 10.5 Å². The Morgan fingerprint density at radius 2 is 2.26 bits per heavy atom. The number of aromatic nitrogens is 2. The van der Waals surface area contributed by atoms with E-state index in [1.165, 1.54) is 6.20 Å². The van der Waals surface area contributed by atoms with Crippen molar-refractivity contribution in [3.05, 3.63) is 41.2 Å². The fourth-order valence-corrected chi connectivity index (χ4v) is 2.88. The van der Waals surface area contributed by atoms with Gasteiger partial charge in [0.25, 0.3) is 0 Å². The molecule has 1 heterocycles. The summed E-state index contributed by atoms with van der Waals surface area (Å²) in [6.45, 7) is 2.00. The van der Waals surface area contributed by atoms with Gasteiger partial charge in [-0.25, -0.2) is 4.79 Å². The van der Waals surface area contributed by atoms with E-state index in [1.54, 1.807) is 23.5 Å². The Bertz CT molecular complexity index is 622. The molecule has 2 aromatic rings. The van der Waals surface area contributed by atoms with Gasteiger partial charge < -0.3 is 10.8 Å². The van der Waals surface area contributed by atoms with Crippen LogP contribution in [-0.2, 0) is 12.8 Å². The van der Waals surface area contributed by atoms with Crippen molar-refractivity contribution in [2.24, 2.45) is 7.05 Å². The molecular weight excluding hydrogens is 262 g/mol. The largest absolute Gasteiger partial charge is 0.478 e. The third kappa shape index (κ3) is 2.90. The van der Waals surface area contributed by atoms with Crippen LogP contribution in [0, 0.1) is 6.92 Å². The van der Waals surface area contributed by atoms with E-state index in [1.807, 2.05) is 25.1 Å². The van der Waals surface area contributed by atoms with E-state index in [-0.39, 0.29) is 5.56 Å². The van der Waals surface area contributed by atoms with Gasteiger partial charge in [-0.15, -0.1) is 11.8 Å². The number of nitrogen functional groups attached to an aromatic ring is 1. The van der Waals surface area contributed by atoms with Crippen LogP contribution >= 0.6 is 11.8 Å². The molecule has 1 aromatic carbocycles. The third-order valence-electron chi connectivity index (χ3n) is 2.87. The third-order valence-corrected chi connectivity index (χ3v) is 4.04. The van der Waals surface area contributed by atoms with Crippen molar-refractivity contribution < 1.29 is 9.90 Å². The molecule has 0 saturated heterocycles. The highest BCUT2D eigenvalue weighted by molar-refractivity contribution is 7.98. The number of benzene rings is 1. The number of nitrogens with two attached hydrogens (primary N) is 1. The minimum Gasteiger partial charge on any atom is -0.478 e. The highest BCUT2D eigenvalue weighted by Gasteiger charge is 2.15. The Hall–Kier alpha value is -1.95. The quantitative estimate of drug-likeness (QED) is 0.662. The average molecular weight is 277 g/mol. The Labute approximate surface area is 115 Å². The number of aryl methyl sites for hydroxylation is 2. The minimum atomic E-state index is -0.951. The molecule has 0 unspecified atom stereocenters. The Kier molecular flexibility index (Phi) is 3.80. The Morgan fingerprint density at radius 3 is 2.95 bits per heavy atom. The van der Waals surface area contributed by atoms with Crippen LogP contribution in [0.5, 0.6) is 0 Å². The molecule has 0 radical (unpaired) electrons. The molecule has 0 spiro atoms. The van der Waals surface area contributed by atoms with Crippen molar-refractivity contribution in [3.63, 3.8) is 0 Å². The summed E-state index contributed by atoms with van der Waals surface area (Å²) in [4.78, 5) is 12.1. The summed E-state index contributed by atoms with van der Waals surface area (Å²) in [6, 6.07) is 5.71. The number of hydrogen-bond donors (Lipinski definition) is 2. The summed E-state index contributed by atoms with van der Waals surface area (Å²) in [5, 5.41) is 13.1. The van der Waals surface area contributed by atoms with Crippen LogP contribution in [0.4, 0.5) is 5.69 Å². The molecule has 0 aliphatic heterocycles. The lowest BCUT2D eigenvalue weighted by Crippen LogP contribution is -2.03. The SMILES string of the molecule is Cc1ccc(N)cc1SCc1c(C(=O)O)cnn1C. The lowest BCUT2D eigenvalue weighted by atomic mass is 10.2. The van der Waals surface area contributed by atoms with Crippen molar-refractivity contribution in [3.8, 4) is 0 Å². The predicted octanol–water partition coefficient (Wildman–Crippen LogP) is 2.30. The maximum absolute atomic E-state index is 11.1. The van der Waals surface area contributed by atoms with Crippen LogP contribution in [-0.4, -0.2) is 20.9 Å². The van der Waals surface area contributed by atoms with Gasteiger partial charge in [0.05, 0.1) is 11.9 Å². The molecule has 0 aliphatic rings. The molecule has 6 heteroatoms. The number of thioether (sulfide) groups is 1. The van der Waals surface area contributed by atoms with Gasteiger partial charge in [0.1, 0.15) is 5.56 Å². The van der Waals surface area contributed by atoms with Crippen molar-refractivity contribution in [2.75, 3.05) is 5.73 Å². The molecular formula is C13H15N3O2S. The molecule has 0 fully saturated rings. The summed E-state index contributed by atoms with van der Waals surface area (Å²) >= 11 is 1.56. The van der Waals surface area contributed by atoms with Crippen molar-refractivity contribution in [1.82, 2.24) is 9.78 Å². The van der Waals surface area contributed by atoms with Gasteiger partial charge >= 0.3 is 5.97 Å². The zero-order valence-corrected chi connectivity index (χ0v) is 11.6. The first-order valence-electron chi connectivity index (χ1n) is 5.72. The Morgan fingerprint density at radius 1 is 1.53 bits per heavy atom. The van der Waals surface area contributed by atoms with Crippen LogP contribution in [0.1, 0.15) is 21.6 Å². The van der Waals surface area contributed by atoms with E-state index in [2.05, 4.69) is 5.10 Å². The normalized spacial score (nSPS) is 10.6. The van der Waals surface area contributed by atoms with Crippen LogP contribution in [0.15, 0.2) is 29.3 Å². The maximum Gasteiger partial charge on any atom is 0.339 e. The first-order chi connectivity index (χ1) is 8.99. The number of carbonyl (C=O) groups is 1. The molecule has 19 heavy (non-hydrogen) atoms. The van der Waals surface area contributed by atoms with Crippen LogP contribution in [0.25, 0.3) is 0 Å². The summed E-state index contributed by atoms with van der Waals surface area (Å²) < 4.78 is 1.60. The second-order valence-electron chi connectivity index (χ2n) is 4.25. The average Bonchev–Trinajstić information content (AvgIpc) is 2.72. The second kappa shape index (κ2) is 5.36. The molecule has 5 nitrogen and oxygen atoms in total. The lowest BCUT2D eigenvalue weighted by molar-refractivity contribution is 0.0696. The van der Waals surface area contributed by atoms with Gasteiger partial charge in [-0.05, 0) is 24.6 Å². The molecule has 0 aliphatic carbocycles. The fourth-order valence-electron chi connectivity index (χ4n) is 1.73. The lowest BCUT2D eigenvalue weighted by Gasteiger charge is -2.08. The molecule has 0 saturated carbocycles. The zero-order chi connectivity index (χ0) is 14.0. The number of anilines is 1. The predicted molar refractivity (Wildman–Crippen MR) is 75.3 cm³/mol. The number of aromatic carboxylic acids is 1. The van der Waals surface area contributed by atoms with Gasteiger partial charge in [-0.3, -0.25) is 4.68 Å². The van der Waals surface area contributed by atoms with E-state index in [4.69, 9.17) is 10.8 Å². The van der Waals surface area contributed by atoms with Crippen molar-refractivity contribution >= 4 is 23.4 Å². The van der Waals surface area contributed by atoms with E-state index >= 15 is 0 Å². The summed E-state index contributed by atoms with van der Waals surface area (Å²) in [5.74, 6) is -0.407. The number of carboxylic acids is 1. The monoisotopic (exact) mass is 277 g/mol. The number of carboxylic acid groups (broad SMARTS) is 1. The standard InChI is InChI=1S/C13H15N3O2S/c1-8-3-4-9(14)5-12(8)19-7-11-10(13(17)18)6-15-16(11)2/h3-6H,7,14H2,1-2H3,(H,17,18). The fraction of sp³-hybridized carbons (Fsp3) is 0.231. The number of hydrogen-bond acceptors (Lipinski definition) is 4. The van der Waals surface area contributed by atoms with Gasteiger partial charge in [0, 0.05) is 23.4 Å². The highest BCUT2D eigenvalue weighted by atomic mass is 32.2. The first kappa shape index (κ1) is 13.5. The molecule has 1 aromatic heterocycles. The molecule has 100 valence electrons.